The van der Waals surface area contributed by atoms with E-state index in [4.69, 9.17) is 10.5 Å². The van der Waals surface area contributed by atoms with Gasteiger partial charge in [-0.3, -0.25) is 4.79 Å². The van der Waals surface area contributed by atoms with Gasteiger partial charge in [0, 0.05) is 18.0 Å². The lowest BCUT2D eigenvalue weighted by molar-refractivity contribution is -0.119. The topological polar surface area (TPSA) is 64.3 Å². The summed E-state index contributed by atoms with van der Waals surface area (Å²) in [4.78, 5) is 11.8. The highest BCUT2D eigenvalue weighted by Crippen LogP contribution is 2.20. The van der Waals surface area contributed by atoms with E-state index in [2.05, 4.69) is 5.32 Å². The Bertz CT molecular complexity index is 398. The number of rotatable bonds is 2. The first-order valence-corrected chi connectivity index (χ1v) is 5.41. The fourth-order valence-electron chi connectivity index (χ4n) is 1.75. The molecule has 1 aromatic carbocycles. The number of ether oxygens (including phenoxy) is 1. The van der Waals surface area contributed by atoms with Crippen LogP contribution >= 0.6 is 0 Å². The molecule has 0 aromatic heterocycles. The van der Waals surface area contributed by atoms with E-state index >= 15 is 0 Å². The van der Waals surface area contributed by atoms with Crippen molar-refractivity contribution in [3.63, 3.8) is 0 Å². The molecule has 0 aliphatic carbocycles. The summed E-state index contributed by atoms with van der Waals surface area (Å²) < 4.78 is 5.18. The van der Waals surface area contributed by atoms with Gasteiger partial charge in [0.15, 0.2) is 0 Å². The molecule has 3 N–H and O–H groups in total. The summed E-state index contributed by atoms with van der Waals surface area (Å²) in [5, 5.41) is 2.89. The molecule has 1 amide bonds. The van der Waals surface area contributed by atoms with Crippen LogP contribution in [-0.4, -0.2) is 19.1 Å². The number of benzene rings is 1. The highest BCUT2D eigenvalue weighted by molar-refractivity contribution is 5.93. The maximum atomic E-state index is 11.8. The van der Waals surface area contributed by atoms with Crippen LogP contribution in [0.1, 0.15) is 12.0 Å². The summed E-state index contributed by atoms with van der Waals surface area (Å²) >= 11 is 0. The summed E-state index contributed by atoms with van der Waals surface area (Å²) in [6.07, 6.45) is 0.799. The second kappa shape index (κ2) is 4.53. The van der Waals surface area contributed by atoms with Gasteiger partial charge in [-0.1, -0.05) is 6.07 Å². The van der Waals surface area contributed by atoms with E-state index < -0.39 is 0 Å². The van der Waals surface area contributed by atoms with Crippen molar-refractivity contribution in [3.05, 3.63) is 23.8 Å². The first-order chi connectivity index (χ1) is 7.66. The minimum absolute atomic E-state index is 0.0196. The number of carbonyl (C=O) groups excluding carboxylic acids is 1. The summed E-state index contributed by atoms with van der Waals surface area (Å²) in [7, 11) is 0. The number of aryl methyl sites for hydroxylation is 1. The molecule has 1 heterocycles. The Hall–Kier alpha value is -1.55. The number of nitrogens with one attached hydrogen (secondary N) is 1. The number of hydrogen-bond donors (Lipinski definition) is 2. The summed E-state index contributed by atoms with van der Waals surface area (Å²) in [5.74, 6) is -0.00738. The van der Waals surface area contributed by atoms with E-state index in [1.165, 1.54) is 0 Å². The Balaban J connectivity index is 2.07. The van der Waals surface area contributed by atoms with Crippen molar-refractivity contribution in [2.24, 2.45) is 5.92 Å². The fraction of sp³-hybridized carbons (Fsp3) is 0.417. The zero-order valence-corrected chi connectivity index (χ0v) is 9.32. The van der Waals surface area contributed by atoms with Gasteiger partial charge in [0.25, 0.3) is 0 Å². The standard InChI is InChI=1S/C12H16N2O2/c1-8-2-3-10(13)6-11(8)14-12(15)9-4-5-16-7-9/h2-3,6,9H,4-5,7,13H2,1H3,(H,14,15). The van der Waals surface area contributed by atoms with Gasteiger partial charge in [0.05, 0.1) is 12.5 Å². The van der Waals surface area contributed by atoms with Crippen LogP contribution in [0.15, 0.2) is 18.2 Å². The highest BCUT2D eigenvalue weighted by atomic mass is 16.5. The summed E-state index contributed by atoms with van der Waals surface area (Å²) in [6, 6.07) is 5.50. The van der Waals surface area contributed by atoms with Crippen molar-refractivity contribution in [2.45, 2.75) is 13.3 Å². The lowest BCUT2D eigenvalue weighted by Gasteiger charge is -2.12. The van der Waals surface area contributed by atoms with E-state index in [1.807, 2.05) is 19.1 Å². The van der Waals surface area contributed by atoms with Crippen LogP contribution in [0.4, 0.5) is 11.4 Å². The van der Waals surface area contributed by atoms with E-state index in [-0.39, 0.29) is 11.8 Å². The lowest BCUT2D eigenvalue weighted by atomic mass is 10.1. The molecular weight excluding hydrogens is 204 g/mol. The average Bonchev–Trinajstić information content (AvgIpc) is 2.76. The first-order valence-electron chi connectivity index (χ1n) is 5.41. The van der Waals surface area contributed by atoms with Gasteiger partial charge in [-0.25, -0.2) is 0 Å². The van der Waals surface area contributed by atoms with Crippen LogP contribution in [0.5, 0.6) is 0 Å². The number of anilines is 2. The van der Waals surface area contributed by atoms with Crippen LogP contribution < -0.4 is 11.1 Å². The van der Waals surface area contributed by atoms with Crippen molar-refractivity contribution >= 4 is 17.3 Å². The number of nitrogens with two attached hydrogens (primary N) is 1. The number of carbonyl (C=O) groups is 1. The summed E-state index contributed by atoms with van der Waals surface area (Å²) in [5.41, 5.74) is 8.14. The second-order valence-electron chi connectivity index (χ2n) is 4.12. The number of amides is 1. The van der Waals surface area contributed by atoms with Crippen LogP contribution in [-0.2, 0) is 9.53 Å². The maximum Gasteiger partial charge on any atom is 0.229 e. The maximum absolute atomic E-state index is 11.8. The van der Waals surface area contributed by atoms with Crippen LogP contribution in [0.3, 0.4) is 0 Å². The zero-order chi connectivity index (χ0) is 11.5. The smallest absolute Gasteiger partial charge is 0.229 e. The lowest BCUT2D eigenvalue weighted by Crippen LogP contribution is -2.23. The quantitative estimate of drug-likeness (QED) is 0.743. The Labute approximate surface area is 94.8 Å². The normalized spacial score (nSPS) is 19.7. The van der Waals surface area contributed by atoms with Gasteiger partial charge in [0.1, 0.15) is 0 Å². The van der Waals surface area contributed by atoms with Crippen LogP contribution in [0.25, 0.3) is 0 Å². The molecule has 1 aromatic rings. The van der Waals surface area contributed by atoms with Crippen molar-refractivity contribution < 1.29 is 9.53 Å². The predicted octanol–water partition coefficient (Wildman–Crippen LogP) is 1.55. The summed E-state index contributed by atoms with van der Waals surface area (Å²) in [6.45, 7) is 3.14. The van der Waals surface area contributed by atoms with Crippen LogP contribution in [0, 0.1) is 12.8 Å². The van der Waals surface area contributed by atoms with Gasteiger partial charge < -0.3 is 15.8 Å². The molecule has 4 heteroatoms. The molecule has 1 aliphatic heterocycles. The molecule has 4 nitrogen and oxygen atoms in total. The number of nitrogen functional groups attached to an aromatic ring is 1. The molecule has 0 radical (unpaired) electrons. The third-order valence-electron chi connectivity index (χ3n) is 2.82. The Morgan fingerprint density at radius 3 is 3.06 bits per heavy atom. The molecule has 86 valence electrons. The van der Waals surface area contributed by atoms with Gasteiger partial charge in [-0.15, -0.1) is 0 Å². The molecule has 1 unspecified atom stereocenters. The largest absolute Gasteiger partial charge is 0.399 e. The van der Waals surface area contributed by atoms with Crippen molar-refractivity contribution in [1.82, 2.24) is 0 Å². The fourth-order valence-corrected chi connectivity index (χ4v) is 1.75. The molecule has 1 fully saturated rings. The zero-order valence-electron chi connectivity index (χ0n) is 9.32. The highest BCUT2D eigenvalue weighted by Gasteiger charge is 2.23. The molecule has 1 saturated heterocycles. The van der Waals surface area contributed by atoms with E-state index in [1.54, 1.807) is 6.07 Å². The first kappa shape index (κ1) is 11.0. The van der Waals surface area contributed by atoms with Gasteiger partial charge >= 0.3 is 0 Å². The average molecular weight is 220 g/mol. The molecule has 16 heavy (non-hydrogen) atoms. The van der Waals surface area contributed by atoms with E-state index in [0.29, 0.717) is 18.9 Å². The molecule has 1 atom stereocenters. The third kappa shape index (κ3) is 2.33. The molecule has 0 bridgehead atoms. The Morgan fingerprint density at radius 2 is 2.38 bits per heavy atom. The van der Waals surface area contributed by atoms with Crippen LogP contribution in [0.2, 0.25) is 0 Å². The second-order valence-corrected chi connectivity index (χ2v) is 4.12. The van der Waals surface area contributed by atoms with Gasteiger partial charge in [0.2, 0.25) is 5.91 Å². The van der Waals surface area contributed by atoms with Crippen molar-refractivity contribution in [3.8, 4) is 0 Å². The Morgan fingerprint density at radius 1 is 1.56 bits per heavy atom. The van der Waals surface area contributed by atoms with Crippen molar-refractivity contribution in [1.29, 1.82) is 0 Å². The molecule has 1 aliphatic rings. The van der Waals surface area contributed by atoms with Gasteiger partial charge in [-0.05, 0) is 31.0 Å². The predicted molar refractivity (Wildman–Crippen MR) is 63.1 cm³/mol. The molecular formula is C12H16N2O2. The Kier molecular flexibility index (Phi) is 3.10. The van der Waals surface area contributed by atoms with E-state index in [0.717, 1.165) is 17.7 Å². The SMILES string of the molecule is Cc1ccc(N)cc1NC(=O)C1CCOC1. The minimum Gasteiger partial charge on any atom is -0.399 e. The monoisotopic (exact) mass is 220 g/mol. The molecule has 0 saturated carbocycles. The van der Waals surface area contributed by atoms with Gasteiger partial charge in [-0.2, -0.15) is 0 Å². The number of hydrogen-bond acceptors (Lipinski definition) is 3. The third-order valence-corrected chi connectivity index (χ3v) is 2.82. The van der Waals surface area contributed by atoms with Crippen molar-refractivity contribution in [2.75, 3.05) is 24.3 Å². The minimum atomic E-state index is -0.0270. The molecule has 2 rings (SSSR count). The molecule has 0 spiro atoms. The van der Waals surface area contributed by atoms with E-state index in [9.17, 15) is 4.79 Å².